The highest BCUT2D eigenvalue weighted by atomic mass is 79.9. The van der Waals surface area contributed by atoms with Crippen molar-refractivity contribution in [2.45, 2.75) is 4.83 Å². The zero-order valence-electron chi connectivity index (χ0n) is 7.98. The van der Waals surface area contributed by atoms with Gasteiger partial charge in [0.2, 0.25) is 5.91 Å². The van der Waals surface area contributed by atoms with Crippen molar-refractivity contribution in [2.75, 3.05) is 0 Å². The van der Waals surface area contributed by atoms with Crippen molar-refractivity contribution in [3.63, 3.8) is 0 Å². The molecule has 15 heavy (non-hydrogen) atoms. The quantitative estimate of drug-likeness (QED) is 0.833. The normalized spacial score (nSPS) is 12.6. The monoisotopic (exact) mass is 263 g/mol. The Morgan fingerprint density at radius 1 is 1.13 bits per heavy atom. The molecule has 76 valence electrons. The van der Waals surface area contributed by atoms with Gasteiger partial charge in [0.25, 0.3) is 0 Å². The Hall–Kier alpha value is -1.35. The van der Waals surface area contributed by atoms with E-state index in [0.29, 0.717) is 0 Å². The molecule has 2 rings (SSSR count). The van der Waals surface area contributed by atoms with Crippen LogP contribution in [-0.4, -0.2) is 5.91 Å². The Morgan fingerprint density at radius 2 is 1.80 bits per heavy atom. The van der Waals surface area contributed by atoms with Crippen LogP contribution in [0.4, 0.5) is 0 Å². The van der Waals surface area contributed by atoms with Crippen LogP contribution in [0, 0.1) is 0 Å². The Bertz CT molecular complexity index is 504. The van der Waals surface area contributed by atoms with Crippen LogP contribution in [0.25, 0.3) is 10.8 Å². The predicted molar refractivity (Wildman–Crippen MR) is 64.8 cm³/mol. The standard InChI is InChI=1S/C12H10BrNO/c13-11(12(14)15)10-7-3-5-8-4-1-2-6-9(8)10/h1-7,11H,(H2,14,15). The van der Waals surface area contributed by atoms with Gasteiger partial charge in [-0.05, 0) is 16.3 Å². The second kappa shape index (κ2) is 4.03. The molecule has 0 saturated heterocycles. The molecular formula is C12H10BrNO. The predicted octanol–water partition coefficient (Wildman–Crippen LogP) is 2.76. The van der Waals surface area contributed by atoms with E-state index in [0.717, 1.165) is 16.3 Å². The van der Waals surface area contributed by atoms with Crippen LogP contribution >= 0.6 is 15.9 Å². The third-order valence-corrected chi connectivity index (χ3v) is 3.29. The second-order valence-corrected chi connectivity index (χ2v) is 4.25. The van der Waals surface area contributed by atoms with Crippen LogP contribution in [0.3, 0.4) is 0 Å². The van der Waals surface area contributed by atoms with Crippen molar-refractivity contribution in [3.8, 4) is 0 Å². The van der Waals surface area contributed by atoms with Crippen LogP contribution in [0.5, 0.6) is 0 Å². The summed E-state index contributed by atoms with van der Waals surface area (Å²) in [6, 6.07) is 13.8. The first-order valence-electron chi connectivity index (χ1n) is 4.61. The van der Waals surface area contributed by atoms with Gasteiger partial charge in [-0.25, -0.2) is 0 Å². The summed E-state index contributed by atoms with van der Waals surface area (Å²) in [6.45, 7) is 0. The summed E-state index contributed by atoms with van der Waals surface area (Å²) >= 11 is 3.30. The molecule has 2 N–H and O–H groups in total. The highest BCUT2D eigenvalue weighted by Crippen LogP contribution is 2.29. The summed E-state index contributed by atoms with van der Waals surface area (Å²) in [6.07, 6.45) is 0. The summed E-state index contributed by atoms with van der Waals surface area (Å²) in [5.74, 6) is -0.369. The molecule has 1 atom stereocenters. The summed E-state index contributed by atoms with van der Waals surface area (Å²) < 4.78 is 0. The van der Waals surface area contributed by atoms with Crippen LogP contribution in [0.2, 0.25) is 0 Å². The number of nitrogens with two attached hydrogens (primary N) is 1. The SMILES string of the molecule is NC(=O)C(Br)c1cccc2ccccc12. The van der Waals surface area contributed by atoms with E-state index in [1.807, 2.05) is 42.5 Å². The molecule has 0 heterocycles. The summed E-state index contributed by atoms with van der Waals surface area (Å²) in [5.41, 5.74) is 6.19. The van der Waals surface area contributed by atoms with Gasteiger partial charge in [-0.15, -0.1) is 0 Å². The van der Waals surface area contributed by atoms with Crippen LogP contribution < -0.4 is 5.73 Å². The van der Waals surface area contributed by atoms with Crippen molar-refractivity contribution >= 4 is 32.6 Å². The van der Waals surface area contributed by atoms with Crippen molar-refractivity contribution in [2.24, 2.45) is 5.73 Å². The number of hydrogen-bond acceptors (Lipinski definition) is 1. The van der Waals surface area contributed by atoms with Crippen LogP contribution in [-0.2, 0) is 4.79 Å². The first kappa shape index (κ1) is 10.2. The van der Waals surface area contributed by atoms with E-state index in [1.165, 1.54) is 0 Å². The number of hydrogen-bond donors (Lipinski definition) is 1. The minimum Gasteiger partial charge on any atom is -0.368 e. The van der Waals surface area contributed by atoms with Gasteiger partial charge in [-0.3, -0.25) is 4.79 Å². The number of primary amides is 1. The molecule has 2 nitrogen and oxygen atoms in total. The number of rotatable bonds is 2. The molecule has 0 aromatic heterocycles. The highest BCUT2D eigenvalue weighted by Gasteiger charge is 2.15. The molecule has 0 saturated carbocycles. The summed E-state index contributed by atoms with van der Waals surface area (Å²) in [7, 11) is 0. The van der Waals surface area contributed by atoms with E-state index in [2.05, 4.69) is 15.9 Å². The molecule has 0 bridgehead atoms. The lowest BCUT2D eigenvalue weighted by Gasteiger charge is -2.09. The lowest BCUT2D eigenvalue weighted by molar-refractivity contribution is -0.117. The molecule has 0 aliphatic heterocycles. The largest absolute Gasteiger partial charge is 0.368 e. The van der Waals surface area contributed by atoms with E-state index in [-0.39, 0.29) is 5.91 Å². The molecule has 2 aromatic carbocycles. The van der Waals surface area contributed by atoms with Crippen LogP contribution in [0.15, 0.2) is 42.5 Å². The molecule has 0 aliphatic carbocycles. The minimum atomic E-state index is -0.427. The lowest BCUT2D eigenvalue weighted by Crippen LogP contribution is -2.16. The smallest absolute Gasteiger partial charge is 0.235 e. The number of amides is 1. The van der Waals surface area contributed by atoms with E-state index in [4.69, 9.17) is 5.73 Å². The van der Waals surface area contributed by atoms with E-state index >= 15 is 0 Å². The molecule has 2 aromatic rings. The lowest BCUT2D eigenvalue weighted by atomic mass is 10.0. The van der Waals surface area contributed by atoms with Crippen LogP contribution in [0.1, 0.15) is 10.4 Å². The molecule has 0 radical (unpaired) electrons. The maximum Gasteiger partial charge on any atom is 0.235 e. The third kappa shape index (κ3) is 1.88. The molecule has 0 aliphatic rings. The average Bonchev–Trinajstić information content (AvgIpc) is 2.27. The maximum absolute atomic E-state index is 11.1. The Morgan fingerprint density at radius 3 is 2.53 bits per heavy atom. The van der Waals surface area contributed by atoms with Gasteiger partial charge in [0.15, 0.2) is 0 Å². The zero-order chi connectivity index (χ0) is 10.8. The Kier molecular flexibility index (Phi) is 2.73. The Balaban J connectivity index is 2.65. The van der Waals surface area contributed by atoms with Crippen molar-refractivity contribution in [3.05, 3.63) is 48.0 Å². The summed E-state index contributed by atoms with van der Waals surface area (Å²) in [4.78, 5) is 10.7. The number of benzene rings is 2. The van der Waals surface area contributed by atoms with E-state index < -0.39 is 4.83 Å². The van der Waals surface area contributed by atoms with Gasteiger partial charge in [0.1, 0.15) is 4.83 Å². The number of halogens is 1. The second-order valence-electron chi connectivity index (χ2n) is 3.33. The van der Waals surface area contributed by atoms with E-state index in [9.17, 15) is 4.79 Å². The first-order valence-corrected chi connectivity index (χ1v) is 5.53. The molecule has 0 fully saturated rings. The average molecular weight is 264 g/mol. The molecular weight excluding hydrogens is 254 g/mol. The number of carbonyl (C=O) groups excluding carboxylic acids is 1. The fourth-order valence-electron chi connectivity index (χ4n) is 1.62. The Labute approximate surface area is 96.2 Å². The topological polar surface area (TPSA) is 43.1 Å². The molecule has 1 amide bonds. The van der Waals surface area contributed by atoms with E-state index in [1.54, 1.807) is 0 Å². The fourth-order valence-corrected chi connectivity index (χ4v) is 2.02. The number of alkyl halides is 1. The molecule has 3 heteroatoms. The minimum absolute atomic E-state index is 0.369. The van der Waals surface area contributed by atoms with Gasteiger partial charge < -0.3 is 5.73 Å². The number of fused-ring (bicyclic) bond motifs is 1. The summed E-state index contributed by atoms with van der Waals surface area (Å²) in [5, 5.41) is 2.17. The van der Waals surface area contributed by atoms with Gasteiger partial charge in [-0.2, -0.15) is 0 Å². The third-order valence-electron chi connectivity index (χ3n) is 2.35. The zero-order valence-corrected chi connectivity index (χ0v) is 9.57. The fraction of sp³-hybridized carbons (Fsp3) is 0.0833. The van der Waals surface area contributed by atoms with Crippen molar-refractivity contribution in [1.82, 2.24) is 0 Å². The first-order chi connectivity index (χ1) is 7.20. The van der Waals surface area contributed by atoms with Gasteiger partial charge in [-0.1, -0.05) is 58.4 Å². The highest BCUT2D eigenvalue weighted by molar-refractivity contribution is 9.09. The van der Waals surface area contributed by atoms with Gasteiger partial charge in [0.05, 0.1) is 0 Å². The number of carbonyl (C=O) groups is 1. The van der Waals surface area contributed by atoms with Gasteiger partial charge in [0, 0.05) is 0 Å². The molecule has 0 spiro atoms. The molecule has 1 unspecified atom stereocenters. The van der Waals surface area contributed by atoms with Gasteiger partial charge >= 0.3 is 0 Å². The van der Waals surface area contributed by atoms with Crippen molar-refractivity contribution in [1.29, 1.82) is 0 Å². The van der Waals surface area contributed by atoms with Crippen molar-refractivity contribution < 1.29 is 4.79 Å². The maximum atomic E-state index is 11.1.